The van der Waals surface area contributed by atoms with Crippen molar-refractivity contribution >= 4 is 23.4 Å². The Morgan fingerprint density at radius 1 is 1.04 bits per heavy atom. The Kier molecular flexibility index (Phi) is 4.61. The van der Waals surface area contributed by atoms with Crippen molar-refractivity contribution < 1.29 is 24.5 Å². The molecule has 0 aliphatic heterocycles. The van der Waals surface area contributed by atoms with Crippen LogP contribution in [-0.4, -0.2) is 27.6 Å². The summed E-state index contributed by atoms with van der Waals surface area (Å²) in [6, 6.07) is 10.4. The average molecular weight is 335 g/mol. The van der Waals surface area contributed by atoms with Gasteiger partial charge in [0.25, 0.3) is 0 Å². The maximum atomic E-state index is 12.4. The second kappa shape index (κ2) is 6.30. The van der Waals surface area contributed by atoms with Gasteiger partial charge in [0, 0.05) is 16.1 Å². The van der Waals surface area contributed by atoms with Gasteiger partial charge in [0.2, 0.25) is 0 Å². The van der Waals surface area contributed by atoms with Crippen molar-refractivity contribution in [3.05, 3.63) is 58.6 Å². The molecule has 2 aromatic carbocycles. The highest BCUT2D eigenvalue weighted by Crippen LogP contribution is 2.31. The monoisotopic (exact) mass is 334 g/mol. The molecule has 0 aromatic heterocycles. The second-order valence-electron chi connectivity index (χ2n) is 5.44. The fraction of sp³-hybridized carbons (Fsp3) is 0.176. The first-order valence-corrected chi connectivity index (χ1v) is 7.14. The minimum absolute atomic E-state index is 0.0720. The van der Waals surface area contributed by atoms with Crippen molar-refractivity contribution in [2.75, 3.05) is 0 Å². The van der Waals surface area contributed by atoms with E-state index in [-0.39, 0.29) is 22.8 Å². The molecule has 0 unspecified atom stereocenters. The van der Waals surface area contributed by atoms with Crippen LogP contribution in [0.15, 0.2) is 42.5 Å². The summed E-state index contributed by atoms with van der Waals surface area (Å²) < 4.78 is 5.32. The molecule has 0 atom stereocenters. The quantitative estimate of drug-likeness (QED) is 0.817. The van der Waals surface area contributed by atoms with Gasteiger partial charge in [-0.3, -0.25) is 4.79 Å². The molecular formula is C17H15ClO5. The minimum atomic E-state index is -1.54. The smallest absolute Gasteiger partial charge is 0.347 e. The number of hydrogen-bond acceptors (Lipinski definition) is 4. The van der Waals surface area contributed by atoms with Crippen LogP contribution in [0.2, 0.25) is 5.02 Å². The number of carbonyl (C=O) groups excluding carboxylic acids is 1. The van der Waals surface area contributed by atoms with Gasteiger partial charge in [-0.25, -0.2) is 4.79 Å². The molecule has 0 bridgehead atoms. The van der Waals surface area contributed by atoms with E-state index >= 15 is 0 Å². The summed E-state index contributed by atoms with van der Waals surface area (Å²) in [5.41, 5.74) is -0.857. The van der Waals surface area contributed by atoms with Crippen molar-refractivity contribution in [3.63, 3.8) is 0 Å². The predicted molar refractivity (Wildman–Crippen MR) is 85.3 cm³/mol. The van der Waals surface area contributed by atoms with Gasteiger partial charge in [-0.2, -0.15) is 0 Å². The van der Waals surface area contributed by atoms with E-state index in [1.807, 2.05) is 0 Å². The number of ketones is 1. The molecule has 0 aliphatic rings. The van der Waals surface area contributed by atoms with Crippen LogP contribution in [0.3, 0.4) is 0 Å². The zero-order chi connectivity index (χ0) is 17.2. The molecule has 120 valence electrons. The molecule has 0 amide bonds. The van der Waals surface area contributed by atoms with Gasteiger partial charge in [0.15, 0.2) is 22.9 Å². The Hall–Kier alpha value is -2.53. The number of rotatable bonds is 5. The molecule has 0 aliphatic carbocycles. The number of carbonyl (C=O) groups is 2. The summed E-state index contributed by atoms with van der Waals surface area (Å²) >= 11 is 5.79. The molecular weight excluding hydrogens is 320 g/mol. The van der Waals surface area contributed by atoms with Gasteiger partial charge in [-0.15, -0.1) is 0 Å². The minimum Gasteiger partial charge on any atom is -0.504 e. The Balaban J connectivity index is 2.35. The van der Waals surface area contributed by atoms with E-state index in [0.717, 1.165) is 0 Å². The molecule has 6 heteroatoms. The molecule has 5 nitrogen and oxygen atoms in total. The summed E-state index contributed by atoms with van der Waals surface area (Å²) in [7, 11) is 0. The van der Waals surface area contributed by atoms with Crippen molar-refractivity contribution in [2.45, 2.75) is 19.4 Å². The van der Waals surface area contributed by atoms with Gasteiger partial charge >= 0.3 is 5.97 Å². The fourth-order valence-corrected chi connectivity index (χ4v) is 1.95. The Morgan fingerprint density at radius 3 is 2.17 bits per heavy atom. The van der Waals surface area contributed by atoms with E-state index in [4.69, 9.17) is 21.4 Å². The molecule has 2 aromatic rings. The molecule has 0 saturated carbocycles. The summed E-state index contributed by atoms with van der Waals surface area (Å²) in [6.45, 7) is 2.70. The lowest BCUT2D eigenvalue weighted by Crippen LogP contribution is -2.37. The standard InChI is InChI=1S/C17H15ClO5/c1-17(2,16(21)22)23-14-9-11(5-8-13(14)19)15(20)10-3-6-12(18)7-4-10/h3-9,19H,1-2H3,(H,21,22). The molecule has 2 rings (SSSR count). The topological polar surface area (TPSA) is 83.8 Å². The fourth-order valence-electron chi connectivity index (χ4n) is 1.82. The number of benzene rings is 2. The normalized spacial score (nSPS) is 11.1. The van der Waals surface area contributed by atoms with Gasteiger partial charge in [0.05, 0.1) is 0 Å². The van der Waals surface area contributed by atoms with E-state index in [1.54, 1.807) is 24.3 Å². The Morgan fingerprint density at radius 2 is 1.61 bits per heavy atom. The summed E-state index contributed by atoms with van der Waals surface area (Å²) in [5.74, 6) is -1.80. The number of phenols is 1. The zero-order valence-corrected chi connectivity index (χ0v) is 13.3. The number of carboxylic acid groups (broad SMARTS) is 1. The zero-order valence-electron chi connectivity index (χ0n) is 12.5. The van der Waals surface area contributed by atoms with Crippen LogP contribution in [0.1, 0.15) is 29.8 Å². The lowest BCUT2D eigenvalue weighted by molar-refractivity contribution is -0.152. The largest absolute Gasteiger partial charge is 0.504 e. The maximum Gasteiger partial charge on any atom is 0.347 e. The van der Waals surface area contributed by atoms with Crippen LogP contribution < -0.4 is 4.74 Å². The van der Waals surface area contributed by atoms with Crippen LogP contribution in [0, 0.1) is 0 Å². The first-order valence-electron chi connectivity index (χ1n) is 6.76. The van der Waals surface area contributed by atoms with Gasteiger partial charge in [-0.05, 0) is 56.3 Å². The van der Waals surface area contributed by atoms with Crippen LogP contribution in [-0.2, 0) is 4.79 Å². The van der Waals surface area contributed by atoms with Crippen molar-refractivity contribution in [2.24, 2.45) is 0 Å². The molecule has 0 saturated heterocycles. The number of phenolic OH excluding ortho intramolecular Hbond substituents is 1. The van der Waals surface area contributed by atoms with E-state index in [0.29, 0.717) is 10.6 Å². The van der Waals surface area contributed by atoms with Gasteiger partial charge < -0.3 is 14.9 Å². The maximum absolute atomic E-state index is 12.4. The van der Waals surface area contributed by atoms with Crippen molar-refractivity contribution in [3.8, 4) is 11.5 Å². The molecule has 0 radical (unpaired) electrons. The first kappa shape index (κ1) is 16.8. The number of aromatic hydroxyl groups is 1. The number of ether oxygens (including phenoxy) is 1. The number of halogens is 1. The lowest BCUT2D eigenvalue weighted by atomic mass is 10.0. The molecule has 23 heavy (non-hydrogen) atoms. The molecule has 0 fully saturated rings. The van der Waals surface area contributed by atoms with E-state index in [2.05, 4.69) is 0 Å². The lowest BCUT2D eigenvalue weighted by Gasteiger charge is -2.22. The molecule has 0 heterocycles. The SMILES string of the molecule is CC(C)(Oc1cc(C(=O)c2ccc(Cl)cc2)ccc1O)C(=O)O. The number of carboxylic acids is 1. The van der Waals surface area contributed by atoms with E-state index in [1.165, 1.54) is 32.0 Å². The van der Waals surface area contributed by atoms with Crippen LogP contribution in [0.25, 0.3) is 0 Å². The highest BCUT2D eigenvalue weighted by molar-refractivity contribution is 6.30. The van der Waals surface area contributed by atoms with Crippen LogP contribution in [0.5, 0.6) is 11.5 Å². The molecule has 0 spiro atoms. The summed E-state index contributed by atoms with van der Waals surface area (Å²) in [4.78, 5) is 23.5. The van der Waals surface area contributed by atoms with E-state index < -0.39 is 11.6 Å². The summed E-state index contributed by atoms with van der Waals surface area (Å²) in [5, 5.41) is 19.4. The second-order valence-corrected chi connectivity index (χ2v) is 5.87. The van der Waals surface area contributed by atoms with Crippen molar-refractivity contribution in [1.82, 2.24) is 0 Å². The third-order valence-electron chi connectivity index (χ3n) is 3.21. The third kappa shape index (κ3) is 3.81. The predicted octanol–water partition coefficient (Wildman–Crippen LogP) is 3.52. The highest BCUT2D eigenvalue weighted by atomic mass is 35.5. The van der Waals surface area contributed by atoms with Crippen molar-refractivity contribution in [1.29, 1.82) is 0 Å². The van der Waals surface area contributed by atoms with Gasteiger partial charge in [-0.1, -0.05) is 11.6 Å². The number of aliphatic carboxylic acids is 1. The Bertz CT molecular complexity index is 750. The highest BCUT2D eigenvalue weighted by Gasteiger charge is 2.30. The van der Waals surface area contributed by atoms with Crippen LogP contribution >= 0.6 is 11.6 Å². The summed E-state index contributed by atoms with van der Waals surface area (Å²) in [6.07, 6.45) is 0. The van der Waals surface area contributed by atoms with Crippen LogP contribution in [0.4, 0.5) is 0 Å². The first-order chi connectivity index (χ1) is 10.7. The van der Waals surface area contributed by atoms with Gasteiger partial charge in [0.1, 0.15) is 0 Å². The average Bonchev–Trinajstić information content (AvgIpc) is 2.49. The molecule has 2 N–H and O–H groups in total. The number of hydrogen-bond donors (Lipinski definition) is 2. The Labute approximate surface area is 138 Å². The third-order valence-corrected chi connectivity index (χ3v) is 3.46. The van der Waals surface area contributed by atoms with E-state index in [9.17, 15) is 14.7 Å².